The van der Waals surface area contributed by atoms with Gasteiger partial charge in [-0.15, -0.1) is 0 Å². The predicted molar refractivity (Wildman–Crippen MR) is 76.7 cm³/mol. The smallest absolute Gasteiger partial charge is 0.255 e. The summed E-state index contributed by atoms with van der Waals surface area (Å²) in [5.74, 6) is 0.205. The normalized spacial score (nSPS) is 29.9. The van der Waals surface area contributed by atoms with Crippen molar-refractivity contribution in [2.75, 3.05) is 13.1 Å². The van der Waals surface area contributed by atoms with Crippen molar-refractivity contribution in [2.24, 2.45) is 5.92 Å². The van der Waals surface area contributed by atoms with Crippen molar-refractivity contribution in [1.29, 1.82) is 0 Å². The molecule has 20 heavy (non-hydrogen) atoms. The second-order valence-electron chi connectivity index (χ2n) is 5.92. The first-order valence-electron chi connectivity index (χ1n) is 7.22. The maximum atomic E-state index is 12.5. The Hall–Kier alpha value is -1.13. The molecule has 1 amide bonds. The minimum absolute atomic E-state index is 0.0122. The van der Waals surface area contributed by atoms with Crippen LogP contribution in [0.2, 0.25) is 5.15 Å². The molecule has 2 heterocycles. The number of likely N-dealkylation sites (tertiary alicyclic amines) is 1. The van der Waals surface area contributed by atoms with Gasteiger partial charge in [-0.3, -0.25) is 4.79 Å². The standard InChI is InChI=1S/C15H19ClN2O2/c16-13-5-4-11(9-17-13)14(19)18-8-7-15(20)6-2-1-3-12(15)10-18/h4-5,9,12,20H,1-3,6-8,10H2. The largest absolute Gasteiger partial charge is 0.389 e. The number of halogens is 1. The molecule has 2 aliphatic rings. The van der Waals surface area contributed by atoms with Crippen molar-refractivity contribution in [3.05, 3.63) is 29.0 Å². The molecule has 2 atom stereocenters. The first-order valence-corrected chi connectivity index (χ1v) is 7.59. The Bertz CT molecular complexity index is 505. The fourth-order valence-corrected chi connectivity index (χ4v) is 3.55. The number of aliphatic hydroxyl groups is 1. The monoisotopic (exact) mass is 294 g/mol. The molecule has 0 spiro atoms. The van der Waals surface area contributed by atoms with Crippen LogP contribution in [0.25, 0.3) is 0 Å². The zero-order valence-corrected chi connectivity index (χ0v) is 12.1. The second-order valence-corrected chi connectivity index (χ2v) is 6.30. The quantitative estimate of drug-likeness (QED) is 0.810. The molecule has 3 rings (SSSR count). The molecular weight excluding hydrogens is 276 g/mol. The van der Waals surface area contributed by atoms with E-state index in [-0.39, 0.29) is 11.8 Å². The third-order valence-corrected chi connectivity index (χ3v) is 4.91. The topological polar surface area (TPSA) is 53.4 Å². The summed E-state index contributed by atoms with van der Waals surface area (Å²) in [4.78, 5) is 18.3. The minimum Gasteiger partial charge on any atom is -0.389 e. The van der Waals surface area contributed by atoms with Crippen LogP contribution >= 0.6 is 11.6 Å². The van der Waals surface area contributed by atoms with Crippen molar-refractivity contribution in [2.45, 2.75) is 37.7 Å². The number of hydrogen-bond donors (Lipinski definition) is 1. The van der Waals surface area contributed by atoms with Gasteiger partial charge in [-0.1, -0.05) is 24.4 Å². The zero-order valence-electron chi connectivity index (χ0n) is 11.4. The van der Waals surface area contributed by atoms with E-state index in [1.54, 1.807) is 12.1 Å². The minimum atomic E-state index is -0.548. The van der Waals surface area contributed by atoms with Crippen molar-refractivity contribution in [1.82, 2.24) is 9.88 Å². The Kier molecular flexibility index (Phi) is 3.69. The van der Waals surface area contributed by atoms with Gasteiger partial charge >= 0.3 is 0 Å². The average Bonchev–Trinajstić information content (AvgIpc) is 2.46. The van der Waals surface area contributed by atoms with Crippen LogP contribution in [0.3, 0.4) is 0 Å². The van der Waals surface area contributed by atoms with E-state index in [4.69, 9.17) is 11.6 Å². The molecule has 1 saturated heterocycles. The third kappa shape index (κ3) is 2.54. The fraction of sp³-hybridized carbons (Fsp3) is 0.600. The molecule has 1 N–H and O–H groups in total. The average molecular weight is 295 g/mol. The lowest BCUT2D eigenvalue weighted by molar-refractivity contribution is -0.0886. The van der Waals surface area contributed by atoms with Crippen LogP contribution in [0.5, 0.6) is 0 Å². The Morgan fingerprint density at radius 2 is 2.25 bits per heavy atom. The predicted octanol–water partition coefficient (Wildman–Crippen LogP) is 2.50. The van der Waals surface area contributed by atoms with Gasteiger partial charge in [0, 0.05) is 25.2 Å². The number of rotatable bonds is 1. The lowest BCUT2D eigenvalue weighted by Crippen LogP contribution is -2.54. The number of piperidine rings is 1. The number of pyridine rings is 1. The summed E-state index contributed by atoms with van der Waals surface area (Å²) in [5, 5.41) is 11.0. The van der Waals surface area contributed by atoms with Crippen LogP contribution in [-0.4, -0.2) is 39.6 Å². The van der Waals surface area contributed by atoms with Gasteiger partial charge < -0.3 is 10.0 Å². The first-order chi connectivity index (χ1) is 9.58. The lowest BCUT2D eigenvalue weighted by Gasteiger charge is -2.47. The summed E-state index contributed by atoms with van der Waals surface area (Å²) in [5.41, 5.74) is 0.0171. The molecule has 0 bridgehead atoms. The SMILES string of the molecule is O=C(c1ccc(Cl)nc1)N1CCC2(O)CCCCC2C1. The molecule has 1 saturated carbocycles. The summed E-state index contributed by atoms with van der Waals surface area (Å²) in [6.45, 7) is 1.27. The summed E-state index contributed by atoms with van der Waals surface area (Å²) in [6.07, 6.45) is 6.34. The number of nitrogens with zero attached hydrogens (tertiary/aromatic N) is 2. The van der Waals surface area contributed by atoms with Crippen molar-refractivity contribution in [3.8, 4) is 0 Å². The molecule has 4 nitrogen and oxygen atoms in total. The van der Waals surface area contributed by atoms with E-state index >= 15 is 0 Å². The van der Waals surface area contributed by atoms with E-state index in [9.17, 15) is 9.90 Å². The van der Waals surface area contributed by atoms with Crippen molar-refractivity contribution in [3.63, 3.8) is 0 Å². The first kappa shape index (κ1) is 13.8. The maximum absolute atomic E-state index is 12.5. The number of aromatic nitrogens is 1. The highest BCUT2D eigenvalue weighted by atomic mass is 35.5. The van der Waals surface area contributed by atoms with Gasteiger partial charge in [0.25, 0.3) is 5.91 Å². The Morgan fingerprint density at radius 1 is 1.40 bits per heavy atom. The molecule has 0 aromatic carbocycles. The van der Waals surface area contributed by atoms with E-state index in [1.807, 2.05) is 4.90 Å². The van der Waals surface area contributed by atoms with Gasteiger partial charge in [0.05, 0.1) is 11.2 Å². The van der Waals surface area contributed by atoms with E-state index in [0.29, 0.717) is 30.2 Å². The van der Waals surface area contributed by atoms with E-state index in [0.717, 1.165) is 25.7 Å². The van der Waals surface area contributed by atoms with Crippen LogP contribution in [0.1, 0.15) is 42.5 Å². The Balaban J connectivity index is 1.72. The van der Waals surface area contributed by atoms with Gasteiger partial charge in [-0.25, -0.2) is 4.98 Å². The van der Waals surface area contributed by atoms with Crippen LogP contribution in [0.4, 0.5) is 0 Å². The van der Waals surface area contributed by atoms with Gasteiger partial charge in [-0.05, 0) is 31.4 Å². The number of carbonyl (C=O) groups is 1. The molecule has 0 radical (unpaired) electrons. The summed E-state index contributed by atoms with van der Waals surface area (Å²) < 4.78 is 0. The van der Waals surface area contributed by atoms with Crippen LogP contribution < -0.4 is 0 Å². The molecule has 108 valence electrons. The molecule has 2 unspecified atom stereocenters. The van der Waals surface area contributed by atoms with Crippen LogP contribution in [0.15, 0.2) is 18.3 Å². The van der Waals surface area contributed by atoms with Gasteiger partial charge in [0.15, 0.2) is 0 Å². The van der Waals surface area contributed by atoms with E-state index in [1.165, 1.54) is 6.20 Å². The highest BCUT2D eigenvalue weighted by Gasteiger charge is 2.43. The zero-order chi connectivity index (χ0) is 14.2. The van der Waals surface area contributed by atoms with Gasteiger partial charge in [0.2, 0.25) is 0 Å². The van der Waals surface area contributed by atoms with Crippen LogP contribution in [0, 0.1) is 5.92 Å². The number of carbonyl (C=O) groups excluding carboxylic acids is 1. The van der Waals surface area contributed by atoms with Gasteiger partial charge in [0.1, 0.15) is 5.15 Å². The number of amides is 1. The molecule has 1 aromatic heterocycles. The Morgan fingerprint density at radius 3 is 3.00 bits per heavy atom. The molecule has 1 aliphatic heterocycles. The molecule has 1 aromatic rings. The summed E-state index contributed by atoms with van der Waals surface area (Å²) >= 11 is 5.74. The lowest BCUT2D eigenvalue weighted by atomic mass is 9.71. The molecule has 2 fully saturated rings. The third-order valence-electron chi connectivity index (χ3n) is 4.69. The maximum Gasteiger partial charge on any atom is 0.255 e. The molecular formula is C15H19ClN2O2. The van der Waals surface area contributed by atoms with E-state index in [2.05, 4.69) is 4.98 Å². The van der Waals surface area contributed by atoms with Crippen LogP contribution in [-0.2, 0) is 0 Å². The number of hydrogen-bond acceptors (Lipinski definition) is 3. The Labute approximate surface area is 123 Å². The van der Waals surface area contributed by atoms with E-state index < -0.39 is 5.60 Å². The summed E-state index contributed by atoms with van der Waals surface area (Å²) in [7, 11) is 0. The van der Waals surface area contributed by atoms with Crippen molar-refractivity contribution < 1.29 is 9.90 Å². The molecule has 5 heteroatoms. The summed E-state index contributed by atoms with van der Waals surface area (Å²) in [6, 6.07) is 3.34. The fourth-order valence-electron chi connectivity index (χ4n) is 3.44. The highest BCUT2D eigenvalue weighted by molar-refractivity contribution is 6.29. The second kappa shape index (κ2) is 5.34. The highest BCUT2D eigenvalue weighted by Crippen LogP contribution is 2.39. The van der Waals surface area contributed by atoms with Gasteiger partial charge in [-0.2, -0.15) is 0 Å². The van der Waals surface area contributed by atoms with Crippen molar-refractivity contribution >= 4 is 17.5 Å². The number of fused-ring (bicyclic) bond motifs is 1. The molecule has 1 aliphatic carbocycles.